The first kappa shape index (κ1) is 27.6. The van der Waals surface area contributed by atoms with E-state index in [0.717, 1.165) is 94.7 Å². The van der Waals surface area contributed by atoms with E-state index in [4.69, 9.17) is 14.7 Å². The van der Waals surface area contributed by atoms with E-state index < -0.39 is 0 Å². The fourth-order valence-electron chi connectivity index (χ4n) is 5.99. The monoisotopic (exact) mass is 563 g/mol. The number of carbonyl (C=O) groups is 1. The van der Waals surface area contributed by atoms with Crippen LogP contribution in [0, 0.1) is 13.8 Å². The van der Waals surface area contributed by atoms with Crippen molar-refractivity contribution < 1.29 is 9.53 Å². The summed E-state index contributed by atoms with van der Waals surface area (Å²) in [4.78, 5) is 36.7. The van der Waals surface area contributed by atoms with Gasteiger partial charge in [0.1, 0.15) is 29.4 Å². The number of nitrogens with zero attached hydrogens (tertiary/aromatic N) is 5. The third-order valence-corrected chi connectivity index (χ3v) is 8.59. The van der Waals surface area contributed by atoms with E-state index in [1.165, 1.54) is 0 Å². The molecule has 0 radical (unpaired) electrons. The first-order chi connectivity index (χ1) is 20.3. The van der Waals surface area contributed by atoms with Gasteiger partial charge in [0.25, 0.3) is 5.91 Å². The molecule has 9 nitrogen and oxygen atoms in total. The minimum atomic E-state index is -0.192. The molecule has 4 aromatic rings. The molecule has 0 saturated carbocycles. The topological polar surface area (TPSA) is 109 Å². The van der Waals surface area contributed by atoms with Crippen LogP contribution in [-0.4, -0.2) is 57.6 Å². The number of aromatic amines is 1. The van der Waals surface area contributed by atoms with Gasteiger partial charge in [0, 0.05) is 55.0 Å². The van der Waals surface area contributed by atoms with Crippen LogP contribution < -0.4 is 15.0 Å². The normalized spacial score (nSPS) is 15.7. The summed E-state index contributed by atoms with van der Waals surface area (Å²) in [6, 6.07) is 10.0. The zero-order valence-electron chi connectivity index (χ0n) is 24.9. The highest BCUT2D eigenvalue weighted by molar-refractivity contribution is 5.94. The van der Waals surface area contributed by atoms with Gasteiger partial charge in [0.2, 0.25) is 0 Å². The number of amides is 1. The number of allylic oxidation sites excluding steroid dienone is 1. The number of piperidine rings is 1. The molecule has 1 aromatic carbocycles. The quantitative estimate of drug-likeness (QED) is 0.314. The third kappa shape index (κ3) is 5.04. The first-order valence-electron chi connectivity index (χ1n) is 14.6. The zero-order valence-corrected chi connectivity index (χ0v) is 24.9. The van der Waals surface area contributed by atoms with Crippen LogP contribution in [0.3, 0.4) is 0 Å². The molecule has 1 fully saturated rings. The van der Waals surface area contributed by atoms with Gasteiger partial charge in [-0.3, -0.25) is 9.78 Å². The molecule has 1 aliphatic heterocycles. The van der Waals surface area contributed by atoms with Crippen LogP contribution in [0.25, 0.3) is 22.9 Å². The molecule has 6 rings (SSSR count). The lowest BCUT2D eigenvalue weighted by Crippen LogP contribution is -2.42. The smallest absolute Gasteiger partial charge is 0.269 e. The van der Waals surface area contributed by atoms with Crippen LogP contribution in [0.4, 0.5) is 5.82 Å². The second-order valence-corrected chi connectivity index (χ2v) is 11.4. The Morgan fingerprint density at radius 2 is 1.88 bits per heavy atom. The number of carbonyl (C=O) groups excluding carboxylic acids is 1. The number of ether oxygens (including phenoxy) is 1. The van der Waals surface area contributed by atoms with Gasteiger partial charge >= 0.3 is 0 Å². The SMILES string of the molecule is CCOc1ccc(-c2nc(C3(C)CCN(c4ncnc5c4C=C(c4ccc(C(=O)NC)nc4)C5)CC3)[nH]c2C)cc1C. The van der Waals surface area contributed by atoms with Gasteiger partial charge in [0.05, 0.1) is 18.0 Å². The average molecular weight is 564 g/mol. The van der Waals surface area contributed by atoms with Crippen molar-refractivity contribution in [2.75, 3.05) is 31.6 Å². The van der Waals surface area contributed by atoms with Crippen LogP contribution in [0.15, 0.2) is 42.9 Å². The predicted molar refractivity (Wildman–Crippen MR) is 165 cm³/mol. The van der Waals surface area contributed by atoms with Crippen molar-refractivity contribution in [3.05, 3.63) is 82.5 Å². The van der Waals surface area contributed by atoms with Gasteiger partial charge in [-0.05, 0) is 80.7 Å². The van der Waals surface area contributed by atoms with Crippen LogP contribution in [-0.2, 0) is 11.8 Å². The molecule has 9 heteroatoms. The Labute approximate surface area is 246 Å². The number of H-pyrrole nitrogens is 1. The van der Waals surface area contributed by atoms with Crippen molar-refractivity contribution in [1.82, 2.24) is 30.2 Å². The van der Waals surface area contributed by atoms with Crippen LogP contribution in [0.1, 0.15) is 71.1 Å². The van der Waals surface area contributed by atoms with Crippen molar-refractivity contribution >= 4 is 23.4 Å². The molecule has 42 heavy (non-hydrogen) atoms. The molecule has 1 aliphatic carbocycles. The second-order valence-electron chi connectivity index (χ2n) is 11.4. The zero-order chi connectivity index (χ0) is 29.4. The number of hydrogen-bond donors (Lipinski definition) is 2. The Hall–Kier alpha value is -4.53. The molecule has 1 amide bonds. The Bertz CT molecular complexity index is 1660. The van der Waals surface area contributed by atoms with E-state index in [2.05, 4.69) is 64.1 Å². The van der Waals surface area contributed by atoms with Crippen molar-refractivity contribution in [1.29, 1.82) is 0 Å². The van der Waals surface area contributed by atoms with Gasteiger partial charge in [-0.1, -0.05) is 13.0 Å². The molecule has 1 saturated heterocycles. The van der Waals surface area contributed by atoms with E-state index in [9.17, 15) is 4.79 Å². The Kier molecular flexibility index (Phi) is 7.26. The van der Waals surface area contributed by atoms with E-state index >= 15 is 0 Å². The minimum Gasteiger partial charge on any atom is -0.494 e. The Morgan fingerprint density at radius 3 is 2.57 bits per heavy atom. The van der Waals surface area contributed by atoms with Gasteiger partial charge in [-0.15, -0.1) is 0 Å². The summed E-state index contributed by atoms with van der Waals surface area (Å²) in [5.41, 5.74) is 8.88. The number of rotatable bonds is 7. The van der Waals surface area contributed by atoms with Crippen molar-refractivity contribution in [3.63, 3.8) is 0 Å². The van der Waals surface area contributed by atoms with Crippen molar-refractivity contribution in [2.45, 2.75) is 52.4 Å². The summed E-state index contributed by atoms with van der Waals surface area (Å²) in [5.74, 6) is 2.75. The number of anilines is 1. The van der Waals surface area contributed by atoms with E-state index in [-0.39, 0.29) is 11.3 Å². The summed E-state index contributed by atoms with van der Waals surface area (Å²) < 4.78 is 5.73. The molecule has 4 heterocycles. The molecule has 216 valence electrons. The van der Waals surface area contributed by atoms with E-state index in [1.807, 2.05) is 19.1 Å². The summed E-state index contributed by atoms with van der Waals surface area (Å²) in [6.07, 6.45) is 8.25. The summed E-state index contributed by atoms with van der Waals surface area (Å²) in [6.45, 7) is 10.9. The molecule has 2 aliphatic rings. The number of benzene rings is 1. The first-order valence-corrected chi connectivity index (χ1v) is 14.6. The third-order valence-electron chi connectivity index (χ3n) is 8.59. The standard InChI is InChI=1S/C33H37N7O2/c1-6-42-28-10-8-22(15-20(28)2)29-21(3)38-32(39-29)33(4)11-13-40(14-12-33)30-25-16-24(17-27(25)36-19-37-30)23-7-9-26(35-18-23)31(41)34-5/h7-10,15-16,18-19H,6,11-14,17H2,1-5H3,(H,34,41)(H,38,39). The van der Waals surface area contributed by atoms with Crippen molar-refractivity contribution in [3.8, 4) is 17.0 Å². The molecular formula is C33H37N7O2. The van der Waals surface area contributed by atoms with Crippen LogP contribution >= 0.6 is 0 Å². The molecular weight excluding hydrogens is 526 g/mol. The lowest BCUT2D eigenvalue weighted by molar-refractivity contribution is 0.0958. The Balaban J connectivity index is 1.19. The largest absolute Gasteiger partial charge is 0.494 e. The molecule has 3 aromatic heterocycles. The predicted octanol–water partition coefficient (Wildman–Crippen LogP) is 5.29. The lowest BCUT2D eigenvalue weighted by Gasteiger charge is -2.39. The van der Waals surface area contributed by atoms with Crippen molar-refractivity contribution in [2.24, 2.45) is 0 Å². The minimum absolute atomic E-state index is 0.0603. The fraction of sp³-hybridized carbons (Fsp3) is 0.364. The average Bonchev–Trinajstić information content (AvgIpc) is 3.63. The van der Waals surface area contributed by atoms with Gasteiger partial charge in [-0.2, -0.15) is 0 Å². The van der Waals surface area contributed by atoms with Crippen LogP contribution in [0.2, 0.25) is 0 Å². The number of pyridine rings is 1. The Morgan fingerprint density at radius 1 is 1.10 bits per heavy atom. The molecule has 0 unspecified atom stereocenters. The highest BCUT2D eigenvalue weighted by Gasteiger charge is 2.36. The van der Waals surface area contributed by atoms with E-state index in [0.29, 0.717) is 12.3 Å². The number of aromatic nitrogens is 5. The molecule has 0 atom stereocenters. The number of hydrogen-bond acceptors (Lipinski definition) is 7. The maximum atomic E-state index is 11.9. The van der Waals surface area contributed by atoms with Gasteiger partial charge in [0.15, 0.2) is 0 Å². The second kappa shape index (κ2) is 11.0. The fourth-order valence-corrected chi connectivity index (χ4v) is 5.99. The highest BCUT2D eigenvalue weighted by atomic mass is 16.5. The highest BCUT2D eigenvalue weighted by Crippen LogP contribution is 2.40. The number of imidazole rings is 1. The number of fused-ring (bicyclic) bond motifs is 1. The van der Waals surface area contributed by atoms with Crippen LogP contribution in [0.5, 0.6) is 5.75 Å². The van der Waals surface area contributed by atoms with Gasteiger partial charge < -0.3 is 19.9 Å². The van der Waals surface area contributed by atoms with E-state index in [1.54, 1.807) is 25.6 Å². The summed E-state index contributed by atoms with van der Waals surface area (Å²) >= 11 is 0. The molecule has 0 bridgehead atoms. The number of aryl methyl sites for hydroxylation is 2. The maximum Gasteiger partial charge on any atom is 0.269 e. The maximum absolute atomic E-state index is 11.9. The molecule has 2 N–H and O–H groups in total. The summed E-state index contributed by atoms with van der Waals surface area (Å²) in [7, 11) is 1.61. The lowest BCUT2D eigenvalue weighted by atomic mass is 9.79. The molecule has 0 spiro atoms. The van der Waals surface area contributed by atoms with Gasteiger partial charge in [-0.25, -0.2) is 15.0 Å². The summed E-state index contributed by atoms with van der Waals surface area (Å²) in [5, 5.41) is 2.61. The number of nitrogens with one attached hydrogen (secondary N) is 2.